The van der Waals surface area contributed by atoms with E-state index < -0.39 is 0 Å². The highest BCUT2D eigenvalue weighted by Crippen LogP contribution is 2.17. The lowest BCUT2D eigenvalue weighted by molar-refractivity contribution is 0.102. The van der Waals surface area contributed by atoms with Gasteiger partial charge in [-0.3, -0.25) is 10.1 Å². The van der Waals surface area contributed by atoms with Gasteiger partial charge in [0.1, 0.15) is 5.75 Å². The van der Waals surface area contributed by atoms with Crippen LogP contribution >= 0.6 is 0 Å². The van der Waals surface area contributed by atoms with Crippen molar-refractivity contribution in [3.8, 4) is 5.75 Å². The molecular weight excluding hydrogens is 222 g/mol. The number of aromatic nitrogens is 2. The molecule has 2 rings (SSSR count). The van der Waals surface area contributed by atoms with Crippen LogP contribution in [0.5, 0.6) is 5.75 Å². The van der Waals surface area contributed by atoms with Crippen LogP contribution in [0.25, 0.3) is 0 Å². The summed E-state index contributed by atoms with van der Waals surface area (Å²) >= 11 is 0. The van der Waals surface area contributed by atoms with Gasteiger partial charge in [-0.05, 0) is 30.7 Å². The second-order valence-corrected chi connectivity index (χ2v) is 3.58. The molecule has 0 atom stereocenters. The fraction of sp³-hybridized carbons (Fsp3) is 0.182. The first-order valence-electron chi connectivity index (χ1n) is 4.97. The van der Waals surface area contributed by atoms with Crippen LogP contribution in [0.15, 0.2) is 22.6 Å². The summed E-state index contributed by atoms with van der Waals surface area (Å²) in [5.74, 6) is 0.161. The zero-order valence-corrected chi connectivity index (χ0v) is 9.39. The normalized spacial score (nSPS) is 10.2. The molecule has 0 aliphatic rings. The van der Waals surface area contributed by atoms with Crippen molar-refractivity contribution in [2.45, 2.75) is 13.8 Å². The van der Waals surface area contributed by atoms with E-state index in [4.69, 9.17) is 4.42 Å². The Balaban J connectivity index is 2.17. The molecule has 1 heterocycles. The number of amides is 1. The van der Waals surface area contributed by atoms with Gasteiger partial charge in [0, 0.05) is 12.5 Å². The lowest BCUT2D eigenvalue weighted by atomic mass is 10.1. The van der Waals surface area contributed by atoms with Gasteiger partial charge in [0.25, 0.3) is 5.91 Å². The number of nitrogens with one attached hydrogen (secondary N) is 1. The maximum absolute atomic E-state index is 11.8. The summed E-state index contributed by atoms with van der Waals surface area (Å²) in [6.45, 7) is 3.34. The van der Waals surface area contributed by atoms with Gasteiger partial charge in [0.2, 0.25) is 5.89 Å². The molecule has 2 N–H and O–H groups in total. The number of benzene rings is 1. The third kappa shape index (κ3) is 2.41. The monoisotopic (exact) mass is 233 g/mol. The van der Waals surface area contributed by atoms with Crippen LogP contribution in [-0.4, -0.2) is 21.2 Å². The number of aryl methyl sites for hydroxylation is 2. The first-order valence-corrected chi connectivity index (χ1v) is 4.97. The Labute approximate surface area is 97.3 Å². The average Bonchev–Trinajstić information content (AvgIpc) is 2.68. The molecule has 0 saturated carbocycles. The van der Waals surface area contributed by atoms with Gasteiger partial charge in [-0.1, -0.05) is 5.10 Å². The zero-order chi connectivity index (χ0) is 12.4. The van der Waals surface area contributed by atoms with E-state index in [1.54, 1.807) is 19.9 Å². The molecule has 1 amide bonds. The summed E-state index contributed by atoms with van der Waals surface area (Å²) in [7, 11) is 0. The molecule has 2 aromatic rings. The number of carbonyl (C=O) groups is 1. The van der Waals surface area contributed by atoms with Gasteiger partial charge in [0.15, 0.2) is 0 Å². The Morgan fingerprint density at radius 1 is 1.35 bits per heavy atom. The second kappa shape index (κ2) is 4.25. The number of nitrogens with zero attached hydrogens (tertiary/aromatic N) is 2. The summed E-state index contributed by atoms with van der Waals surface area (Å²) in [6.07, 6.45) is 0. The summed E-state index contributed by atoms with van der Waals surface area (Å²) in [5.41, 5.74) is 1.04. The molecule has 0 spiro atoms. The van der Waals surface area contributed by atoms with Crippen LogP contribution in [0.2, 0.25) is 0 Å². The molecule has 0 unspecified atom stereocenters. The Kier molecular flexibility index (Phi) is 2.78. The molecule has 1 aromatic heterocycles. The predicted molar refractivity (Wildman–Crippen MR) is 59.8 cm³/mol. The van der Waals surface area contributed by atoms with E-state index in [0.717, 1.165) is 0 Å². The minimum Gasteiger partial charge on any atom is -0.508 e. The van der Waals surface area contributed by atoms with Crippen LogP contribution in [0.3, 0.4) is 0 Å². The van der Waals surface area contributed by atoms with Gasteiger partial charge >= 0.3 is 6.01 Å². The summed E-state index contributed by atoms with van der Waals surface area (Å²) in [6, 6.07) is 4.61. The van der Waals surface area contributed by atoms with Crippen molar-refractivity contribution >= 4 is 11.9 Å². The minimum atomic E-state index is -0.364. The molecule has 1 aromatic carbocycles. The van der Waals surface area contributed by atoms with Gasteiger partial charge in [-0.2, -0.15) is 0 Å². The molecular formula is C11H11N3O3. The Bertz CT molecular complexity index is 563. The minimum absolute atomic E-state index is 0.0539. The summed E-state index contributed by atoms with van der Waals surface area (Å²) in [4.78, 5) is 11.8. The van der Waals surface area contributed by atoms with Crippen molar-refractivity contribution in [1.82, 2.24) is 10.2 Å². The molecule has 17 heavy (non-hydrogen) atoms. The van der Waals surface area contributed by atoms with Crippen molar-refractivity contribution in [3.05, 3.63) is 35.2 Å². The lowest BCUT2D eigenvalue weighted by Crippen LogP contribution is -2.12. The number of phenols is 1. The fourth-order valence-corrected chi connectivity index (χ4v) is 1.31. The first kappa shape index (κ1) is 11.1. The van der Waals surface area contributed by atoms with Crippen LogP contribution < -0.4 is 5.32 Å². The summed E-state index contributed by atoms with van der Waals surface area (Å²) in [5, 5.41) is 19.1. The van der Waals surface area contributed by atoms with Crippen LogP contribution in [0.4, 0.5) is 6.01 Å². The van der Waals surface area contributed by atoms with Crippen molar-refractivity contribution in [1.29, 1.82) is 0 Å². The Hall–Kier alpha value is -2.37. The number of hydrogen-bond donors (Lipinski definition) is 2. The number of hydrogen-bond acceptors (Lipinski definition) is 5. The fourth-order valence-electron chi connectivity index (χ4n) is 1.31. The second-order valence-electron chi connectivity index (χ2n) is 3.58. The van der Waals surface area contributed by atoms with E-state index >= 15 is 0 Å². The number of aromatic hydroxyl groups is 1. The molecule has 0 saturated heterocycles. The highest BCUT2D eigenvalue weighted by molar-refractivity contribution is 6.03. The van der Waals surface area contributed by atoms with Gasteiger partial charge < -0.3 is 9.52 Å². The van der Waals surface area contributed by atoms with Gasteiger partial charge in [-0.15, -0.1) is 5.10 Å². The largest absolute Gasteiger partial charge is 0.508 e. The van der Waals surface area contributed by atoms with E-state index in [0.29, 0.717) is 17.0 Å². The molecule has 0 aliphatic heterocycles. The van der Waals surface area contributed by atoms with Gasteiger partial charge in [-0.25, -0.2) is 0 Å². The van der Waals surface area contributed by atoms with E-state index in [1.165, 1.54) is 12.1 Å². The van der Waals surface area contributed by atoms with Crippen molar-refractivity contribution in [2.24, 2.45) is 0 Å². The molecule has 6 heteroatoms. The molecule has 0 aliphatic carbocycles. The lowest BCUT2D eigenvalue weighted by Gasteiger charge is -2.03. The number of carbonyl (C=O) groups excluding carboxylic acids is 1. The zero-order valence-electron chi connectivity index (χ0n) is 9.39. The van der Waals surface area contributed by atoms with Crippen LogP contribution in [0.1, 0.15) is 21.8 Å². The third-order valence-corrected chi connectivity index (χ3v) is 2.21. The first-order chi connectivity index (χ1) is 8.06. The molecule has 0 fully saturated rings. The van der Waals surface area contributed by atoms with E-state index in [-0.39, 0.29) is 17.7 Å². The van der Waals surface area contributed by atoms with Gasteiger partial charge in [0.05, 0.1) is 0 Å². The molecule has 0 radical (unpaired) electrons. The standard InChI is InChI=1S/C11H11N3O3/c1-6-5-8(3-4-9(6)15)10(16)12-11-14-13-7(2)17-11/h3-5,15H,1-2H3,(H,12,14,16). The number of anilines is 1. The predicted octanol–water partition coefficient (Wildman–Crippen LogP) is 1.64. The molecule has 6 nitrogen and oxygen atoms in total. The summed E-state index contributed by atoms with van der Waals surface area (Å²) < 4.78 is 5.03. The van der Waals surface area contributed by atoms with Crippen molar-refractivity contribution in [2.75, 3.05) is 5.32 Å². The van der Waals surface area contributed by atoms with E-state index in [1.807, 2.05) is 0 Å². The average molecular weight is 233 g/mol. The van der Waals surface area contributed by atoms with E-state index in [2.05, 4.69) is 15.5 Å². The number of rotatable bonds is 2. The number of phenolic OH excluding ortho intramolecular Hbond substituents is 1. The van der Waals surface area contributed by atoms with Crippen molar-refractivity contribution in [3.63, 3.8) is 0 Å². The SMILES string of the molecule is Cc1nnc(NC(=O)c2ccc(O)c(C)c2)o1. The van der Waals surface area contributed by atoms with Crippen LogP contribution in [-0.2, 0) is 0 Å². The topological polar surface area (TPSA) is 88.2 Å². The van der Waals surface area contributed by atoms with Crippen LogP contribution in [0, 0.1) is 13.8 Å². The maximum atomic E-state index is 11.8. The third-order valence-electron chi connectivity index (χ3n) is 2.21. The highest BCUT2D eigenvalue weighted by atomic mass is 16.4. The van der Waals surface area contributed by atoms with E-state index in [9.17, 15) is 9.90 Å². The molecule has 0 bridgehead atoms. The maximum Gasteiger partial charge on any atom is 0.322 e. The Morgan fingerprint density at radius 3 is 2.71 bits per heavy atom. The quantitative estimate of drug-likeness (QED) is 0.823. The van der Waals surface area contributed by atoms with Crippen molar-refractivity contribution < 1.29 is 14.3 Å². The highest BCUT2D eigenvalue weighted by Gasteiger charge is 2.11. The Morgan fingerprint density at radius 2 is 2.12 bits per heavy atom. The molecule has 88 valence electrons. The smallest absolute Gasteiger partial charge is 0.322 e.